The number of likely N-dealkylation sites (tertiary alicyclic amines) is 1. The molecule has 24 heavy (non-hydrogen) atoms. The zero-order valence-electron chi connectivity index (χ0n) is 14.1. The van der Waals surface area contributed by atoms with E-state index in [0.717, 1.165) is 38.1 Å². The first kappa shape index (κ1) is 16.5. The van der Waals surface area contributed by atoms with Crippen molar-refractivity contribution in [3.8, 4) is 5.75 Å². The lowest BCUT2D eigenvalue weighted by Crippen LogP contribution is -2.29. The second-order valence-electron chi connectivity index (χ2n) is 6.40. The summed E-state index contributed by atoms with van der Waals surface area (Å²) in [5.41, 5.74) is 2.49. The van der Waals surface area contributed by atoms with Crippen molar-refractivity contribution in [2.24, 2.45) is 5.92 Å². The lowest BCUT2D eigenvalue weighted by molar-refractivity contribution is -0.130. The van der Waals surface area contributed by atoms with Gasteiger partial charge in [-0.05, 0) is 60.6 Å². The van der Waals surface area contributed by atoms with Crippen molar-refractivity contribution in [2.75, 3.05) is 20.2 Å². The molecule has 0 spiro atoms. The summed E-state index contributed by atoms with van der Waals surface area (Å²) < 4.78 is 5.19. The summed E-state index contributed by atoms with van der Waals surface area (Å²) in [7, 11) is 1.68. The van der Waals surface area contributed by atoms with Crippen LogP contribution in [0.3, 0.4) is 0 Å². The van der Waals surface area contributed by atoms with Crippen LogP contribution >= 0.6 is 0 Å². The predicted octanol–water partition coefficient (Wildman–Crippen LogP) is 3.11. The molecule has 1 aromatic heterocycles. The number of hydrogen-bond acceptors (Lipinski definition) is 3. The first-order valence-electron chi connectivity index (χ1n) is 8.54. The number of nitrogens with zero attached hydrogens (tertiary/aromatic N) is 2. The minimum absolute atomic E-state index is 0.268. The Bertz CT molecular complexity index is 655. The van der Waals surface area contributed by atoms with Gasteiger partial charge in [0.05, 0.1) is 7.11 Å². The fourth-order valence-corrected chi connectivity index (χ4v) is 3.28. The van der Waals surface area contributed by atoms with Crippen molar-refractivity contribution in [2.45, 2.75) is 25.7 Å². The molecule has 2 aromatic rings. The summed E-state index contributed by atoms with van der Waals surface area (Å²) in [6, 6.07) is 12.2. The molecule has 0 N–H and O–H groups in total. The third-order valence-electron chi connectivity index (χ3n) is 4.70. The Morgan fingerprint density at radius 1 is 1.17 bits per heavy atom. The third kappa shape index (κ3) is 4.34. The van der Waals surface area contributed by atoms with Crippen LogP contribution in [0.4, 0.5) is 0 Å². The van der Waals surface area contributed by atoms with Crippen LogP contribution < -0.4 is 4.74 Å². The molecule has 1 saturated heterocycles. The Kier molecular flexibility index (Phi) is 5.47. The van der Waals surface area contributed by atoms with Gasteiger partial charge in [0.25, 0.3) is 0 Å². The highest BCUT2D eigenvalue weighted by Crippen LogP contribution is 2.23. The monoisotopic (exact) mass is 324 g/mol. The molecule has 1 aliphatic rings. The first-order chi connectivity index (χ1) is 11.7. The third-order valence-corrected chi connectivity index (χ3v) is 4.70. The number of amides is 1. The summed E-state index contributed by atoms with van der Waals surface area (Å²) in [4.78, 5) is 18.4. The Hall–Kier alpha value is -2.36. The molecular weight excluding hydrogens is 300 g/mol. The second kappa shape index (κ2) is 7.95. The lowest BCUT2D eigenvalue weighted by atomic mass is 9.99. The Morgan fingerprint density at radius 2 is 1.92 bits per heavy atom. The van der Waals surface area contributed by atoms with Gasteiger partial charge in [0.2, 0.25) is 5.91 Å². The van der Waals surface area contributed by atoms with Crippen molar-refractivity contribution < 1.29 is 9.53 Å². The van der Waals surface area contributed by atoms with Gasteiger partial charge in [-0.15, -0.1) is 0 Å². The molecule has 1 atom stereocenters. The number of aromatic nitrogens is 1. The highest BCUT2D eigenvalue weighted by atomic mass is 16.5. The Labute approximate surface area is 143 Å². The first-order valence-corrected chi connectivity index (χ1v) is 8.54. The Balaban J connectivity index is 1.46. The van der Waals surface area contributed by atoms with Gasteiger partial charge in [-0.25, -0.2) is 0 Å². The summed E-state index contributed by atoms with van der Waals surface area (Å²) >= 11 is 0. The molecule has 1 aliphatic heterocycles. The van der Waals surface area contributed by atoms with Crippen molar-refractivity contribution in [3.05, 3.63) is 59.9 Å². The normalized spacial score (nSPS) is 17.0. The van der Waals surface area contributed by atoms with E-state index in [9.17, 15) is 4.79 Å². The van der Waals surface area contributed by atoms with Crippen molar-refractivity contribution in [1.29, 1.82) is 0 Å². The molecule has 1 unspecified atom stereocenters. The molecular formula is C20H24N2O2. The summed E-state index contributed by atoms with van der Waals surface area (Å²) in [6.07, 6.45) is 7.05. The number of aryl methyl sites for hydroxylation is 1. The quantitative estimate of drug-likeness (QED) is 0.820. The smallest absolute Gasteiger partial charge is 0.222 e. The SMILES string of the molecule is COc1ccc(CC2CCN(C(=O)CCc3ccncc3)C2)cc1. The van der Waals surface area contributed by atoms with Crippen molar-refractivity contribution in [3.63, 3.8) is 0 Å². The van der Waals surface area contributed by atoms with Crippen LogP contribution in [-0.2, 0) is 17.6 Å². The molecule has 4 nitrogen and oxygen atoms in total. The van der Waals surface area contributed by atoms with Crippen LogP contribution in [0.2, 0.25) is 0 Å². The second-order valence-corrected chi connectivity index (χ2v) is 6.40. The zero-order valence-corrected chi connectivity index (χ0v) is 14.1. The maximum absolute atomic E-state index is 12.4. The number of carbonyl (C=O) groups excluding carboxylic acids is 1. The minimum atomic E-state index is 0.268. The molecule has 0 saturated carbocycles. The van der Waals surface area contributed by atoms with Crippen LogP contribution in [0.15, 0.2) is 48.8 Å². The summed E-state index contributed by atoms with van der Waals surface area (Å²) in [5, 5.41) is 0. The predicted molar refractivity (Wildman–Crippen MR) is 93.9 cm³/mol. The maximum atomic E-state index is 12.4. The minimum Gasteiger partial charge on any atom is -0.497 e. The van der Waals surface area contributed by atoms with Gasteiger partial charge in [-0.2, -0.15) is 0 Å². The fraction of sp³-hybridized carbons (Fsp3) is 0.400. The van der Waals surface area contributed by atoms with Crippen LogP contribution in [0.25, 0.3) is 0 Å². The lowest BCUT2D eigenvalue weighted by Gasteiger charge is -2.16. The van der Waals surface area contributed by atoms with E-state index >= 15 is 0 Å². The van der Waals surface area contributed by atoms with E-state index in [1.807, 2.05) is 29.2 Å². The average Bonchev–Trinajstić information content (AvgIpc) is 3.10. The van der Waals surface area contributed by atoms with Gasteiger partial charge >= 0.3 is 0 Å². The van der Waals surface area contributed by atoms with Crippen molar-refractivity contribution in [1.82, 2.24) is 9.88 Å². The summed E-state index contributed by atoms with van der Waals surface area (Å²) in [5.74, 6) is 1.71. The molecule has 2 heterocycles. The van der Waals surface area contributed by atoms with Gasteiger partial charge in [-0.1, -0.05) is 12.1 Å². The standard InChI is InChI=1S/C20H24N2O2/c1-24-19-5-2-17(3-6-19)14-18-10-13-22(15-18)20(23)7-4-16-8-11-21-12-9-16/h2-3,5-6,8-9,11-12,18H,4,7,10,13-15H2,1H3. The van der Waals surface area contributed by atoms with E-state index in [2.05, 4.69) is 17.1 Å². The molecule has 1 amide bonds. The van der Waals surface area contributed by atoms with Crippen LogP contribution in [0.5, 0.6) is 5.75 Å². The van der Waals surface area contributed by atoms with E-state index < -0.39 is 0 Å². The van der Waals surface area contributed by atoms with Gasteiger partial charge in [0, 0.05) is 31.9 Å². The number of methoxy groups -OCH3 is 1. The fourth-order valence-electron chi connectivity index (χ4n) is 3.28. The molecule has 3 rings (SSSR count). The van der Waals surface area contributed by atoms with E-state index in [1.54, 1.807) is 19.5 Å². The van der Waals surface area contributed by atoms with Crippen LogP contribution in [-0.4, -0.2) is 36.0 Å². The van der Waals surface area contributed by atoms with Crippen molar-refractivity contribution >= 4 is 5.91 Å². The number of ether oxygens (including phenoxy) is 1. The topological polar surface area (TPSA) is 42.4 Å². The van der Waals surface area contributed by atoms with E-state index in [0.29, 0.717) is 12.3 Å². The molecule has 0 bridgehead atoms. The van der Waals surface area contributed by atoms with Gasteiger partial charge in [0.15, 0.2) is 0 Å². The highest BCUT2D eigenvalue weighted by Gasteiger charge is 2.25. The molecule has 0 radical (unpaired) electrons. The van der Waals surface area contributed by atoms with E-state index in [-0.39, 0.29) is 5.91 Å². The molecule has 1 aromatic carbocycles. The molecule has 0 aliphatic carbocycles. The largest absolute Gasteiger partial charge is 0.497 e. The van der Waals surface area contributed by atoms with Crippen LogP contribution in [0.1, 0.15) is 24.0 Å². The molecule has 1 fully saturated rings. The van der Waals surface area contributed by atoms with Gasteiger partial charge in [0.1, 0.15) is 5.75 Å². The molecule has 126 valence electrons. The number of carbonyl (C=O) groups is 1. The van der Waals surface area contributed by atoms with E-state index in [1.165, 1.54) is 11.1 Å². The van der Waals surface area contributed by atoms with E-state index in [4.69, 9.17) is 4.74 Å². The van der Waals surface area contributed by atoms with Gasteiger partial charge in [-0.3, -0.25) is 9.78 Å². The number of benzene rings is 1. The van der Waals surface area contributed by atoms with Crippen LogP contribution in [0, 0.1) is 5.92 Å². The molecule has 4 heteroatoms. The maximum Gasteiger partial charge on any atom is 0.222 e. The number of pyridine rings is 1. The van der Waals surface area contributed by atoms with Gasteiger partial charge < -0.3 is 9.64 Å². The Morgan fingerprint density at radius 3 is 2.62 bits per heavy atom. The average molecular weight is 324 g/mol. The highest BCUT2D eigenvalue weighted by molar-refractivity contribution is 5.76. The zero-order chi connectivity index (χ0) is 16.8. The summed E-state index contributed by atoms with van der Waals surface area (Å²) in [6.45, 7) is 1.76. The number of hydrogen-bond donors (Lipinski definition) is 0. The number of rotatable bonds is 6.